The molecule has 0 aromatic carbocycles. The van der Waals surface area contributed by atoms with Crippen molar-refractivity contribution in [3.63, 3.8) is 0 Å². The topological polar surface area (TPSA) is 86.7 Å². The van der Waals surface area contributed by atoms with Gasteiger partial charge in [-0.15, -0.1) is 35.3 Å². The van der Waals surface area contributed by atoms with E-state index in [1.807, 2.05) is 13.1 Å². The maximum Gasteiger partial charge on any atom is 0.214 e. The Bertz CT molecular complexity index is 648. The zero-order valence-electron chi connectivity index (χ0n) is 14.8. The van der Waals surface area contributed by atoms with Crippen LogP contribution in [0.1, 0.15) is 30.2 Å². The Hall–Kier alpha value is -0.460. The van der Waals surface area contributed by atoms with Crippen molar-refractivity contribution in [2.45, 2.75) is 33.1 Å². The molecule has 144 valence electrons. The molecule has 2 rings (SSSR count). The summed E-state index contributed by atoms with van der Waals surface area (Å²) in [5, 5.41) is 7.59. The summed E-state index contributed by atoms with van der Waals surface area (Å²) in [7, 11) is -3.03. The molecule has 0 bridgehead atoms. The predicted molar refractivity (Wildman–Crippen MR) is 115 cm³/mol. The Morgan fingerprint density at radius 2 is 2.20 bits per heavy atom. The van der Waals surface area contributed by atoms with Crippen LogP contribution in [-0.2, 0) is 22.9 Å². The quantitative estimate of drug-likeness (QED) is 0.320. The Balaban J connectivity index is 0.00000312. The molecular weight excluding hydrogens is 473 g/mol. The van der Waals surface area contributed by atoms with E-state index in [0.29, 0.717) is 19.6 Å². The average molecular weight is 501 g/mol. The zero-order chi connectivity index (χ0) is 17.4. The van der Waals surface area contributed by atoms with Crippen LogP contribution in [0, 0.1) is 0 Å². The van der Waals surface area contributed by atoms with Crippen molar-refractivity contribution in [3.05, 3.63) is 16.1 Å². The summed E-state index contributed by atoms with van der Waals surface area (Å²) >= 11 is 1.75. The second-order valence-electron chi connectivity index (χ2n) is 5.58. The summed E-state index contributed by atoms with van der Waals surface area (Å²) in [5.41, 5.74) is 0. The monoisotopic (exact) mass is 501 g/mol. The van der Waals surface area contributed by atoms with Gasteiger partial charge in [-0.3, -0.25) is 4.99 Å². The van der Waals surface area contributed by atoms with Crippen molar-refractivity contribution in [1.29, 1.82) is 0 Å². The van der Waals surface area contributed by atoms with Crippen molar-refractivity contribution in [1.82, 2.24) is 19.9 Å². The summed E-state index contributed by atoms with van der Waals surface area (Å²) in [6.07, 6.45) is 4.54. The van der Waals surface area contributed by atoms with E-state index in [1.54, 1.807) is 11.3 Å². The molecule has 10 heteroatoms. The van der Waals surface area contributed by atoms with Crippen molar-refractivity contribution in [2.75, 3.05) is 38.5 Å². The second kappa shape index (κ2) is 11.3. The molecule has 0 aliphatic carbocycles. The van der Waals surface area contributed by atoms with Gasteiger partial charge in [0.15, 0.2) is 5.96 Å². The highest BCUT2D eigenvalue weighted by Gasteiger charge is 2.27. The Morgan fingerprint density at radius 1 is 1.40 bits per heavy atom. The molecule has 0 amide bonds. The first kappa shape index (κ1) is 22.6. The van der Waals surface area contributed by atoms with Crippen LogP contribution in [0.3, 0.4) is 0 Å². The van der Waals surface area contributed by atoms with Crippen LogP contribution in [0.2, 0.25) is 0 Å². The van der Waals surface area contributed by atoms with E-state index < -0.39 is 10.0 Å². The molecule has 2 heterocycles. The molecule has 7 nitrogen and oxygen atoms in total. The third-order valence-corrected chi connectivity index (χ3v) is 6.91. The number of guanidine groups is 1. The number of halogens is 1. The van der Waals surface area contributed by atoms with Gasteiger partial charge >= 0.3 is 0 Å². The van der Waals surface area contributed by atoms with Gasteiger partial charge in [0.05, 0.1) is 17.3 Å². The lowest BCUT2D eigenvalue weighted by Crippen LogP contribution is -2.39. The van der Waals surface area contributed by atoms with E-state index in [1.165, 1.54) is 9.18 Å². The van der Waals surface area contributed by atoms with Crippen molar-refractivity contribution < 1.29 is 8.42 Å². The Kier molecular flexibility index (Phi) is 10.2. The minimum absolute atomic E-state index is 0. The third-order valence-electron chi connectivity index (χ3n) is 3.75. The first-order valence-corrected chi connectivity index (χ1v) is 10.9. The molecule has 25 heavy (non-hydrogen) atoms. The summed E-state index contributed by atoms with van der Waals surface area (Å²) in [6.45, 7) is 7.20. The summed E-state index contributed by atoms with van der Waals surface area (Å²) in [6, 6.07) is 0. The fourth-order valence-corrected chi connectivity index (χ4v) is 4.85. The smallest absolute Gasteiger partial charge is 0.214 e. The predicted octanol–water partition coefficient (Wildman–Crippen LogP) is 1.46. The fourth-order valence-electron chi connectivity index (χ4n) is 2.47. The SMILES string of the molecule is CCNC(=NCCN1CCCS1(=O)=O)NCCc1ncc(CC)s1.I. The van der Waals surface area contributed by atoms with Gasteiger partial charge in [0, 0.05) is 43.7 Å². The van der Waals surface area contributed by atoms with Gasteiger partial charge < -0.3 is 10.6 Å². The fraction of sp³-hybridized carbons (Fsp3) is 0.733. The van der Waals surface area contributed by atoms with Crippen molar-refractivity contribution in [3.8, 4) is 0 Å². The Morgan fingerprint density at radius 3 is 2.80 bits per heavy atom. The van der Waals surface area contributed by atoms with Crippen LogP contribution >= 0.6 is 35.3 Å². The molecule has 0 saturated carbocycles. The third kappa shape index (κ3) is 7.35. The van der Waals surface area contributed by atoms with Gasteiger partial charge in [-0.25, -0.2) is 17.7 Å². The lowest BCUT2D eigenvalue weighted by molar-refractivity contribution is 0.452. The molecule has 1 aliphatic rings. The minimum Gasteiger partial charge on any atom is -0.357 e. The number of rotatable bonds is 8. The van der Waals surface area contributed by atoms with E-state index >= 15 is 0 Å². The number of thiazole rings is 1. The minimum atomic E-state index is -3.03. The number of aromatic nitrogens is 1. The van der Waals surface area contributed by atoms with E-state index in [4.69, 9.17) is 0 Å². The van der Waals surface area contributed by atoms with Gasteiger partial charge in [0.2, 0.25) is 10.0 Å². The zero-order valence-corrected chi connectivity index (χ0v) is 18.8. The molecule has 1 aromatic rings. The van der Waals surface area contributed by atoms with Crippen molar-refractivity contribution >= 4 is 51.3 Å². The van der Waals surface area contributed by atoms with Crippen LogP contribution in [0.5, 0.6) is 0 Å². The molecular formula is C15H28IN5O2S2. The van der Waals surface area contributed by atoms with E-state index in [9.17, 15) is 8.42 Å². The molecule has 0 radical (unpaired) electrons. The Labute approximate surface area is 171 Å². The molecule has 1 fully saturated rings. The highest BCUT2D eigenvalue weighted by atomic mass is 127. The molecule has 2 N–H and O–H groups in total. The van der Waals surface area contributed by atoms with Crippen LogP contribution in [0.15, 0.2) is 11.2 Å². The van der Waals surface area contributed by atoms with Gasteiger partial charge in [0.25, 0.3) is 0 Å². The standard InChI is InChI=1S/C15H27N5O2S2.HI/c1-3-13-12-19-14(23-13)6-7-17-15(16-4-2)18-8-10-20-9-5-11-24(20,21)22;/h12H,3-11H2,1-2H3,(H2,16,17,18);1H. The first-order valence-electron chi connectivity index (χ1n) is 8.48. The molecule has 0 spiro atoms. The molecule has 1 aliphatic heterocycles. The first-order chi connectivity index (χ1) is 11.5. The van der Waals surface area contributed by atoms with Crippen LogP contribution in [0.25, 0.3) is 0 Å². The van der Waals surface area contributed by atoms with E-state index in [-0.39, 0.29) is 29.7 Å². The maximum absolute atomic E-state index is 11.8. The number of nitrogens with one attached hydrogen (secondary N) is 2. The molecule has 1 aromatic heterocycles. The maximum atomic E-state index is 11.8. The van der Waals surface area contributed by atoms with Crippen LogP contribution in [0.4, 0.5) is 0 Å². The number of hydrogen-bond acceptors (Lipinski definition) is 5. The van der Waals surface area contributed by atoms with E-state index in [0.717, 1.165) is 43.3 Å². The lowest BCUT2D eigenvalue weighted by Gasteiger charge is -2.14. The van der Waals surface area contributed by atoms with Gasteiger partial charge in [0.1, 0.15) is 0 Å². The average Bonchev–Trinajstić information content (AvgIpc) is 3.14. The molecule has 0 unspecified atom stereocenters. The number of nitrogens with zero attached hydrogens (tertiary/aromatic N) is 3. The normalized spacial score (nSPS) is 17.3. The van der Waals surface area contributed by atoms with Crippen LogP contribution in [-0.4, -0.2) is 62.1 Å². The second-order valence-corrected chi connectivity index (χ2v) is 8.87. The highest BCUT2D eigenvalue weighted by Crippen LogP contribution is 2.13. The summed E-state index contributed by atoms with van der Waals surface area (Å²) < 4.78 is 25.0. The van der Waals surface area contributed by atoms with Crippen LogP contribution < -0.4 is 10.6 Å². The van der Waals surface area contributed by atoms with Gasteiger partial charge in [-0.05, 0) is 19.8 Å². The van der Waals surface area contributed by atoms with E-state index in [2.05, 4.69) is 27.5 Å². The largest absolute Gasteiger partial charge is 0.357 e. The van der Waals surface area contributed by atoms with Crippen molar-refractivity contribution in [2.24, 2.45) is 4.99 Å². The highest BCUT2D eigenvalue weighted by molar-refractivity contribution is 14.0. The number of sulfonamides is 1. The number of aryl methyl sites for hydroxylation is 1. The van der Waals surface area contributed by atoms with Gasteiger partial charge in [-0.1, -0.05) is 6.92 Å². The number of aliphatic imine (C=N–C) groups is 1. The lowest BCUT2D eigenvalue weighted by atomic mass is 10.4. The summed E-state index contributed by atoms with van der Waals surface area (Å²) in [4.78, 5) is 10.2. The number of hydrogen-bond donors (Lipinski definition) is 2. The molecule has 0 atom stereocenters. The van der Waals surface area contributed by atoms with Gasteiger partial charge in [-0.2, -0.15) is 0 Å². The summed E-state index contributed by atoms with van der Waals surface area (Å²) in [5.74, 6) is 0.990. The molecule has 1 saturated heterocycles.